The smallest absolute Gasteiger partial charge is 0.193 e. The first kappa shape index (κ1) is 16.1. The number of hydrogen-bond acceptors (Lipinski definition) is 3. The number of halogens is 1. The first-order chi connectivity index (χ1) is 9.93. The van der Waals surface area contributed by atoms with Crippen molar-refractivity contribution in [2.75, 3.05) is 0 Å². The summed E-state index contributed by atoms with van der Waals surface area (Å²) in [4.78, 5) is 12.0. The lowest BCUT2D eigenvalue weighted by Gasteiger charge is -2.17. The van der Waals surface area contributed by atoms with Crippen LogP contribution in [0.1, 0.15) is 41.4 Å². The van der Waals surface area contributed by atoms with Gasteiger partial charge in [0.2, 0.25) is 0 Å². The summed E-state index contributed by atoms with van der Waals surface area (Å²) in [5, 5.41) is 9.77. The summed E-state index contributed by atoms with van der Waals surface area (Å²) < 4.78 is 5.53. The largest absolute Gasteiger partial charge is 0.382 e. The van der Waals surface area contributed by atoms with E-state index in [2.05, 4.69) is 0 Å². The maximum atomic E-state index is 12.0. The first-order valence-electron chi connectivity index (χ1n) is 6.63. The molecule has 0 aromatic heterocycles. The van der Waals surface area contributed by atoms with Gasteiger partial charge in [-0.2, -0.15) is 0 Å². The molecule has 0 aliphatic rings. The SMILES string of the molecule is CC(C)(O)C(=O)c1ccc(C(OI)c2ccccc2)cc1. The molecule has 0 amide bonds. The minimum atomic E-state index is -1.36. The van der Waals surface area contributed by atoms with E-state index in [1.807, 2.05) is 65.5 Å². The molecule has 0 heterocycles. The van der Waals surface area contributed by atoms with Gasteiger partial charge in [-0.3, -0.25) is 4.79 Å². The minimum absolute atomic E-state index is 0.182. The summed E-state index contributed by atoms with van der Waals surface area (Å²) in [7, 11) is 0. The Bertz CT molecular complexity index is 600. The van der Waals surface area contributed by atoms with Crippen LogP contribution in [0.4, 0.5) is 0 Å². The number of carbonyl (C=O) groups is 1. The third-order valence-electron chi connectivity index (χ3n) is 3.22. The Morgan fingerprint density at radius 3 is 2.05 bits per heavy atom. The molecule has 0 radical (unpaired) electrons. The van der Waals surface area contributed by atoms with Crippen molar-refractivity contribution in [2.24, 2.45) is 0 Å². The van der Waals surface area contributed by atoms with E-state index in [4.69, 9.17) is 3.07 Å². The lowest BCUT2D eigenvalue weighted by atomic mass is 9.94. The predicted molar refractivity (Wildman–Crippen MR) is 90.5 cm³/mol. The highest BCUT2D eigenvalue weighted by Gasteiger charge is 2.25. The molecule has 1 N–H and O–H groups in total. The number of Topliss-reactive ketones (excluding diaryl/α,β-unsaturated/α-hetero) is 1. The summed E-state index contributed by atoms with van der Waals surface area (Å²) in [5.41, 5.74) is 1.14. The van der Waals surface area contributed by atoms with Gasteiger partial charge in [-0.05, 0) is 25.0 Å². The number of ketones is 1. The molecule has 0 fully saturated rings. The predicted octanol–water partition coefficient (Wildman–Crippen LogP) is 4.10. The minimum Gasteiger partial charge on any atom is -0.382 e. The van der Waals surface area contributed by atoms with Crippen molar-refractivity contribution in [1.82, 2.24) is 0 Å². The Balaban J connectivity index is 2.28. The van der Waals surface area contributed by atoms with Gasteiger partial charge in [0.15, 0.2) is 5.78 Å². The first-order valence-corrected chi connectivity index (χ1v) is 7.51. The van der Waals surface area contributed by atoms with Crippen LogP contribution in [-0.4, -0.2) is 16.5 Å². The second-order valence-electron chi connectivity index (χ2n) is 5.39. The zero-order valence-corrected chi connectivity index (χ0v) is 14.1. The van der Waals surface area contributed by atoms with Crippen LogP contribution in [-0.2, 0) is 3.07 Å². The second-order valence-corrected chi connectivity index (χ2v) is 5.90. The lowest BCUT2D eigenvalue weighted by molar-refractivity contribution is 0.0488. The molecule has 0 spiro atoms. The highest BCUT2D eigenvalue weighted by molar-refractivity contribution is 14.1. The number of carbonyl (C=O) groups excluding carboxylic acids is 1. The van der Waals surface area contributed by atoms with Crippen molar-refractivity contribution in [2.45, 2.75) is 25.6 Å². The molecule has 1 unspecified atom stereocenters. The van der Waals surface area contributed by atoms with Gasteiger partial charge in [0.05, 0.1) is 0 Å². The Morgan fingerprint density at radius 2 is 1.57 bits per heavy atom. The van der Waals surface area contributed by atoms with Crippen LogP contribution in [0.2, 0.25) is 0 Å². The Morgan fingerprint density at radius 1 is 1.05 bits per heavy atom. The normalized spacial score (nSPS) is 13.0. The van der Waals surface area contributed by atoms with Crippen LogP contribution in [0.3, 0.4) is 0 Å². The average molecular weight is 396 g/mol. The van der Waals surface area contributed by atoms with E-state index in [1.165, 1.54) is 13.8 Å². The van der Waals surface area contributed by atoms with Gasteiger partial charge in [-0.25, -0.2) is 0 Å². The number of hydrogen-bond donors (Lipinski definition) is 1. The van der Waals surface area contributed by atoms with Crippen LogP contribution in [0.25, 0.3) is 0 Å². The van der Waals surface area contributed by atoms with E-state index in [1.54, 1.807) is 12.1 Å². The fourth-order valence-corrected chi connectivity index (χ4v) is 2.67. The molecule has 4 heteroatoms. The van der Waals surface area contributed by atoms with E-state index in [-0.39, 0.29) is 11.9 Å². The summed E-state index contributed by atoms with van der Waals surface area (Å²) in [6.45, 7) is 2.98. The lowest BCUT2D eigenvalue weighted by Crippen LogP contribution is -2.31. The third-order valence-corrected chi connectivity index (χ3v) is 3.73. The van der Waals surface area contributed by atoms with Gasteiger partial charge in [0.1, 0.15) is 34.7 Å². The average Bonchev–Trinajstić information content (AvgIpc) is 2.48. The van der Waals surface area contributed by atoms with Gasteiger partial charge >= 0.3 is 0 Å². The Labute approximate surface area is 138 Å². The standard InChI is InChI=1S/C17H17IO3/c1-17(2,20)16(19)14-10-8-13(9-11-14)15(21-18)12-6-4-3-5-7-12/h3-11,15,20H,1-2H3. The molecule has 1 atom stereocenters. The summed E-state index contributed by atoms with van der Waals surface area (Å²) in [5.74, 6) is -0.291. The van der Waals surface area contributed by atoms with Crippen molar-refractivity contribution in [3.63, 3.8) is 0 Å². The highest BCUT2D eigenvalue weighted by Crippen LogP contribution is 2.28. The van der Waals surface area contributed by atoms with Crippen LogP contribution in [0.15, 0.2) is 54.6 Å². The molecule has 0 aliphatic heterocycles. The summed E-state index contributed by atoms with van der Waals surface area (Å²) >= 11 is 1.88. The molecule has 21 heavy (non-hydrogen) atoms. The van der Waals surface area contributed by atoms with Crippen molar-refractivity contribution >= 4 is 28.8 Å². The quantitative estimate of drug-likeness (QED) is 0.612. The number of aliphatic hydroxyl groups is 1. The second kappa shape index (κ2) is 6.68. The van der Waals surface area contributed by atoms with Gasteiger partial charge < -0.3 is 8.17 Å². The van der Waals surface area contributed by atoms with Crippen molar-refractivity contribution < 1.29 is 13.0 Å². The van der Waals surface area contributed by atoms with Gasteiger partial charge in [0, 0.05) is 5.56 Å². The van der Waals surface area contributed by atoms with E-state index in [9.17, 15) is 9.90 Å². The fraction of sp³-hybridized carbons (Fsp3) is 0.235. The molecular weight excluding hydrogens is 379 g/mol. The monoisotopic (exact) mass is 396 g/mol. The van der Waals surface area contributed by atoms with Crippen molar-refractivity contribution in [3.05, 3.63) is 71.3 Å². The molecule has 0 bridgehead atoms. The molecule has 0 saturated heterocycles. The molecule has 0 saturated carbocycles. The molecule has 3 nitrogen and oxygen atoms in total. The van der Waals surface area contributed by atoms with Gasteiger partial charge in [0.25, 0.3) is 0 Å². The van der Waals surface area contributed by atoms with Gasteiger partial charge in [-0.15, -0.1) is 0 Å². The van der Waals surface area contributed by atoms with E-state index >= 15 is 0 Å². The maximum absolute atomic E-state index is 12.0. The van der Waals surface area contributed by atoms with Crippen molar-refractivity contribution in [1.29, 1.82) is 0 Å². The molecule has 0 aliphatic carbocycles. The van der Waals surface area contributed by atoms with Crippen LogP contribution in [0.5, 0.6) is 0 Å². The van der Waals surface area contributed by atoms with Crippen LogP contribution < -0.4 is 0 Å². The summed E-state index contributed by atoms with van der Waals surface area (Å²) in [6.07, 6.45) is -0.182. The molecule has 2 aromatic rings. The molecule has 2 aromatic carbocycles. The molecule has 2 rings (SSSR count). The third kappa shape index (κ3) is 3.90. The summed E-state index contributed by atoms with van der Waals surface area (Å²) in [6, 6.07) is 17.0. The zero-order chi connectivity index (χ0) is 15.5. The Kier molecular flexibility index (Phi) is 5.13. The highest BCUT2D eigenvalue weighted by atomic mass is 127. The van der Waals surface area contributed by atoms with Crippen LogP contribution in [0, 0.1) is 0 Å². The molecular formula is C17H17IO3. The Hall–Kier alpha value is -1.24. The zero-order valence-electron chi connectivity index (χ0n) is 11.9. The van der Waals surface area contributed by atoms with E-state index < -0.39 is 5.60 Å². The topological polar surface area (TPSA) is 46.5 Å². The number of rotatable bonds is 5. The van der Waals surface area contributed by atoms with E-state index in [0.717, 1.165) is 11.1 Å². The number of benzene rings is 2. The maximum Gasteiger partial charge on any atom is 0.193 e. The van der Waals surface area contributed by atoms with Crippen molar-refractivity contribution in [3.8, 4) is 0 Å². The van der Waals surface area contributed by atoms with Gasteiger partial charge in [-0.1, -0.05) is 54.6 Å². The fourth-order valence-electron chi connectivity index (χ4n) is 2.09. The molecule has 110 valence electrons. The van der Waals surface area contributed by atoms with E-state index in [0.29, 0.717) is 5.56 Å². The van der Waals surface area contributed by atoms with Crippen LogP contribution >= 0.6 is 23.0 Å².